The monoisotopic (exact) mass is 451 g/mol. The molecule has 0 saturated carbocycles. The lowest BCUT2D eigenvalue weighted by atomic mass is 10.0. The highest BCUT2D eigenvalue weighted by molar-refractivity contribution is 14.0. The van der Waals surface area contributed by atoms with Crippen molar-refractivity contribution < 1.29 is 4.74 Å². The van der Waals surface area contributed by atoms with Crippen molar-refractivity contribution in [2.45, 2.75) is 39.4 Å². The molecule has 2 rings (SSSR count). The molecule has 0 atom stereocenters. The van der Waals surface area contributed by atoms with Gasteiger partial charge in [-0.15, -0.1) is 34.2 Å². The maximum atomic E-state index is 5.43. The maximum Gasteiger partial charge on any atom is 0.191 e. The molecule has 1 aliphatic rings. The number of morpholine rings is 1. The smallest absolute Gasteiger partial charge is 0.191 e. The Morgan fingerprint density at radius 1 is 1.33 bits per heavy atom. The largest absolute Gasteiger partial charge is 0.379 e. The van der Waals surface area contributed by atoms with E-state index in [9.17, 15) is 0 Å². The van der Waals surface area contributed by atoms with E-state index in [2.05, 4.69) is 51.5 Å². The van der Waals surface area contributed by atoms with Gasteiger partial charge in [-0.25, -0.2) is 0 Å². The van der Waals surface area contributed by atoms with Crippen LogP contribution in [0.4, 0.5) is 0 Å². The van der Waals surface area contributed by atoms with Crippen molar-refractivity contribution in [3.05, 3.63) is 12.2 Å². The molecule has 1 saturated heterocycles. The molecule has 1 fully saturated rings. The zero-order valence-corrected chi connectivity index (χ0v) is 17.4. The third-order valence-electron chi connectivity index (χ3n) is 4.23. The number of rotatable bonds is 6. The predicted octanol–water partition coefficient (Wildman–Crippen LogP) is 0.692. The van der Waals surface area contributed by atoms with Gasteiger partial charge in [0.05, 0.1) is 19.8 Å². The Hall–Kier alpha value is -0.940. The molecule has 1 aromatic heterocycles. The van der Waals surface area contributed by atoms with Gasteiger partial charge in [0.15, 0.2) is 11.8 Å². The zero-order chi connectivity index (χ0) is 16.7. The first-order chi connectivity index (χ1) is 11.1. The average molecular weight is 451 g/mol. The van der Waals surface area contributed by atoms with Crippen molar-refractivity contribution in [2.24, 2.45) is 4.99 Å². The summed E-state index contributed by atoms with van der Waals surface area (Å²) in [5.41, 5.74) is 0.0465. The number of aromatic nitrogens is 3. The lowest BCUT2D eigenvalue weighted by molar-refractivity contribution is -0.00834. The molecule has 24 heavy (non-hydrogen) atoms. The summed E-state index contributed by atoms with van der Waals surface area (Å²) in [5, 5.41) is 14.8. The van der Waals surface area contributed by atoms with E-state index in [1.807, 2.05) is 4.57 Å². The first-order valence-electron chi connectivity index (χ1n) is 8.21. The highest BCUT2D eigenvalue weighted by Gasteiger charge is 2.28. The molecule has 2 heterocycles. The van der Waals surface area contributed by atoms with Gasteiger partial charge < -0.3 is 19.9 Å². The molecule has 0 bridgehead atoms. The second-order valence-corrected chi connectivity index (χ2v) is 6.22. The maximum absolute atomic E-state index is 5.43. The van der Waals surface area contributed by atoms with Crippen LogP contribution in [0.25, 0.3) is 0 Å². The number of nitrogens with one attached hydrogen (secondary N) is 2. The summed E-state index contributed by atoms with van der Waals surface area (Å²) in [6, 6.07) is 0. The number of ether oxygens (including phenoxy) is 1. The van der Waals surface area contributed by atoms with Gasteiger partial charge in [0.1, 0.15) is 6.33 Å². The summed E-state index contributed by atoms with van der Waals surface area (Å²) in [4.78, 5) is 6.73. The SMILES string of the molecule is CCn1cnnc1CNC(=NC)NCC(C)(C)N1CCOCC1.I. The number of aliphatic imine (C=N–C) groups is 1. The molecule has 2 N–H and O–H groups in total. The van der Waals surface area contributed by atoms with E-state index < -0.39 is 0 Å². The molecule has 0 aromatic carbocycles. The van der Waals surface area contributed by atoms with E-state index in [4.69, 9.17) is 4.74 Å². The summed E-state index contributed by atoms with van der Waals surface area (Å²) in [5.74, 6) is 1.68. The van der Waals surface area contributed by atoms with Crippen LogP contribution in [0.5, 0.6) is 0 Å². The Morgan fingerprint density at radius 3 is 2.67 bits per heavy atom. The Morgan fingerprint density at radius 2 is 2.04 bits per heavy atom. The number of hydrogen-bond acceptors (Lipinski definition) is 5. The van der Waals surface area contributed by atoms with Gasteiger partial charge in [0, 0.05) is 38.8 Å². The molecular weight excluding hydrogens is 421 g/mol. The Balaban J connectivity index is 0.00000288. The molecule has 1 aliphatic heterocycles. The highest BCUT2D eigenvalue weighted by atomic mass is 127. The number of halogens is 1. The molecule has 138 valence electrons. The minimum absolute atomic E-state index is 0. The van der Waals surface area contributed by atoms with Gasteiger partial charge in [0.2, 0.25) is 0 Å². The Kier molecular flexibility index (Phi) is 8.92. The fourth-order valence-electron chi connectivity index (χ4n) is 2.64. The van der Waals surface area contributed by atoms with Crippen LogP contribution in [0.1, 0.15) is 26.6 Å². The molecule has 0 amide bonds. The normalized spacial score (nSPS) is 16.6. The van der Waals surface area contributed by atoms with Crippen molar-refractivity contribution in [2.75, 3.05) is 39.9 Å². The minimum atomic E-state index is 0. The standard InChI is InChI=1S/C15H29N7O.HI/c1-5-21-12-19-20-13(21)10-17-14(16-4)18-11-15(2,3)22-6-8-23-9-7-22;/h12H,5-11H2,1-4H3,(H2,16,17,18);1H. The number of aryl methyl sites for hydroxylation is 1. The fraction of sp³-hybridized carbons (Fsp3) is 0.800. The van der Waals surface area contributed by atoms with Gasteiger partial charge >= 0.3 is 0 Å². The van der Waals surface area contributed by atoms with E-state index in [0.717, 1.165) is 51.2 Å². The summed E-state index contributed by atoms with van der Waals surface area (Å²) >= 11 is 0. The zero-order valence-electron chi connectivity index (χ0n) is 15.1. The molecule has 0 aliphatic carbocycles. The number of hydrogen-bond donors (Lipinski definition) is 2. The van der Waals surface area contributed by atoms with Gasteiger partial charge in [0.25, 0.3) is 0 Å². The first kappa shape index (κ1) is 21.1. The molecule has 0 spiro atoms. The van der Waals surface area contributed by atoms with Gasteiger partial charge in [-0.3, -0.25) is 9.89 Å². The van der Waals surface area contributed by atoms with Crippen LogP contribution in [0, 0.1) is 0 Å². The van der Waals surface area contributed by atoms with Crippen LogP contribution < -0.4 is 10.6 Å². The van der Waals surface area contributed by atoms with Gasteiger partial charge in [-0.2, -0.15) is 0 Å². The molecule has 0 unspecified atom stereocenters. The van der Waals surface area contributed by atoms with Crippen LogP contribution in [0.15, 0.2) is 11.3 Å². The average Bonchev–Trinajstić information content (AvgIpc) is 3.03. The molecule has 9 heteroatoms. The van der Waals surface area contributed by atoms with Crippen molar-refractivity contribution >= 4 is 29.9 Å². The first-order valence-corrected chi connectivity index (χ1v) is 8.21. The molecule has 0 radical (unpaired) electrons. The fourth-order valence-corrected chi connectivity index (χ4v) is 2.64. The topological polar surface area (TPSA) is 79.6 Å². The third kappa shape index (κ3) is 5.85. The minimum Gasteiger partial charge on any atom is -0.379 e. The van der Waals surface area contributed by atoms with E-state index in [1.54, 1.807) is 13.4 Å². The van der Waals surface area contributed by atoms with Crippen LogP contribution in [-0.4, -0.2) is 71.1 Å². The summed E-state index contributed by atoms with van der Waals surface area (Å²) < 4.78 is 7.44. The summed E-state index contributed by atoms with van der Waals surface area (Å²) in [6.07, 6.45) is 1.74. The van der Waals surface area contributed by atoms with Gasteiger partial charge in [-0.05, 0) is 20.8 Å². The second-order valence-electron chi connectivity index (χ2n) is 6.22. The molecule has 1 aromatic rings. The van der Waals surface area contributed by atoms with Gasteiger partial charge in [-0.1, -0.05) is 0 Å². The molecule has 8 nitrogen and oxygen atoms in total. The van der Waals surface area contributed by atoms with E-state index in [-0.39, 0.29) is 29.5 Å². The third-order valence-corrected chi connectivity index (χ3v) is 4.23. The van der Waals surface area contributed by atoms with Crippen LogP contribution in [0.2, 0.25) is 0 Å². The van der Waals surface area contributed by atoms with E-state index >= 15 is 0 Å². The lowest BCUT2D eigenvalue weighted by Crippen LogP contribution is -2.56. The highest BCUT2D eigenvalue weighted by Crippen LogP contribution is 2.14. The van der Waals surface area contributed by atoms with Crippen LogP contribution in [0.3, 0.4) is 0 Å². The van der Waals surface area contributed by atoms with E-state index in [1.165, 1.54) is 0 Å². The van der Waals surface area contributed by atoms with Crippen LogP contribution in [-0.2, 0) is 17.8 Å². The summed E-state index contributed by atoms with van der Waals surface area (Å²) in [6.45, 7) is 12.4. The number of guanidine groups is 1. The second kappa shape index (κ2) is 10.1. The number of nitrogens with zero attached hydrogens (tertiary/aromatic N) is 5. The predicted molar refractivity (Wildman–Crippen MR) is 106 cm³/mol. The lowest BCUT2D eigenvalue weighted by Gasteiger charge is -2.41. The van der Waals surface area contributed by atoms with Crippen molar-refractivity contribution in [3.63, 3.8) is 0 Å². The Labute approximate surface area is 161 Å². The van der Waals surface area contributed by atoms with Crippen LogP contribution >= 0.6 is 24.0 Å². The van der Waals surface area contributed by atoms with Crippen molar-refractivity contribution in [1.82, 2.24) is 30.3 Å². The van der Waals surface area contributed by atoms with Crippen molar-refractivity contribution in [1.29, 1.82) is 0 Å². The molecular formula is C15H30IN7O. The Bertz CT molecular complexity index is 512. The summed E-state index contributed by atoms with van der Waals surface area (Å²) in [7, 11) is 1.78. The van der Waals surface area contributed by atoms with E-state index in [0.29, 0.717) is 6.54 Å². The quantitative estimate of drug-likeness (QED) is 0.377. The van der Waals surface area contributed by atoms with Crippen molar-refractivity contribution in [3.8, 4) is 0 Å².